The van der Waals surface area contributed by atoms with E-state index in [0.717, 1.165) is 0 Å². The van der Waals surface area contributed by atoms with E-state index in [2.05, 4.69) is 30.4 Å². The van der Waals surface area contributed by atoms with Crippen molar-refractivity contribution in [2.75, 3.05) is 19.5 Å². The minimum absolute atomic E-state index is 0.0808. The van der Waals surface area contributed by atoms with Crippen molar-refractivity contribution in [3.05, 3.63) is 67.1 Å². The second-order valence-electron chi connectivity index (χ2n) is 7.16. The predicted molar refractivity (Wildman–Crippen MR) is 123 cm³/mol. The number of rotatable bonds is 7. The van der Waals surface area contributed by atoms with Crippen molar-refractivity contribution in [1.29, 1.82) is 0 Å². The lowest BCUT2D eigenvalue weighted by molar-refractivity contribution is 0.374. The fraction of sp³-hybridized carbons (Fsp3) is 0.0870. The molecule has 5 rings (SSSR count). The SMILES string of the molecule is COc1ncc(-n2ccc(Oc3ccc(Nc4ncnc5cc(OC)c(O)cc45)c(F)c3)n2)cn1. The van der Waals surface area contributed by atoms with Gasteiger partial charge in [0, 0.05) is 29.8 Å². The van der Waals surface area contributed by atoms with Gasteiger partial charge in [0.15, 0.2) is 11.5 Å². The topological polar surface area (TPSA) is 129 Å². The van der Waals surface area contributed by atoms with Crippen molar-refractivity contribution in [2.45, 2.75) is 0 Å². The number of fused-ring (bicyclic) bond motifs is 1. The van der Waals surface area contributed by atoms with Gasteiger partial charge in [0.05, 0.1) is 37.8 Å². The summed E-state index contributed by atoms with van der Waals surface area (Å²) in [5, 5.41) is 17.8. The van der Waals surface area contributed by atoms with E-state index in [0.29, 0.717) is 22.4 Å². The van der Waals surface area contributed by atoms with Crippen molar-refractivity contribution in [3.63, 3.8) is 0 Å². The Balaban J connectivity index is 1.34. The fourth-order valence-corrected chi connectivity index (χ4v) is 3.28. The number of benzene rings is 2. The van der Waals surface area contributed by atoms with E-state index in [9.17, 15) is 9.50 Å². The zero-order chi connectivity index (χ0) is 24.4. The van der Waals surface area contributed by atoms with Crippen LogP contribution >= 0.6 is 0 Å². The first-order chi connectivity index (χ1) is 17.0. The maximum Gasteiger partial charge on any atom is 0.316 e. The van der Waals surface area contributed by atoms with Crippen molar-refractivity contribution in [1.82, 2.24) is 29.7 Å². The number of hydrogen-bond donors (Lipinski definition) is 2. The van der Waals surface area contributed by atoms with Crippen LogP contribution in [0.3, 0.4) is 0 Å². The Labute approximate surface area is 197 Å². The Hall–Kier alpha value is -5.00. The summed E-state index contributed by atoms with van der Waals surface area (Å²) in [6.45, 7) is 0. The van der Waals surface area contributed by atoms with E-state index in [4.69, 9.17) is 14.2 Å². The second kappa shape index (κ2) is 9.09. The summed E-state index contributed by atoms with van der Waals surface area (Å²) >= 11 is 0. The van der Waals surface area contributed by atoms with Gasteiger partial charge >= 0.3 is 6.01 Å². The monoisotopic (exact) mass is 475 g/mol. The second-order valence-corrected chi connectivity index (χ2v) is 7.16. The van der Waals surface area contributed by atoms with Crippen molar-refractivity contribution >= 4 is 22.4 Å². The van der Waals surface area contributed by atoms with Gasteiger partial charge in [-0.15, -0.1) is 5.10 Å². The molecule has 3 heterocycles. The van der Waals surface area contributed by atoms with E-state index >= 15 is 0 Å². The van der Waals surface area contributed by atoms with Gasteiger partial charge in [0.1, 0.15) is 29.4 Å². The average molecular weight is 475 g/mol. The van der Waals surface area contributed by atoms with E-state index in [1.807, 2.05) is 0 Å². The first-order valence-corrected chi connectivity index (χ1v) is 10.2. The number of phenolic OH excluding ortho intramolecular Hbond substituents is 1. The quantitative estimate of drug-likeness (QED) is 0.356. The van der Waals surface area contributed by atoms with Crippen LogP contribution in [0, 0.1) is 5.82 Å². The van der Waals surface area contributed by atoms with Gasteiger partial charge in [0.25, 0.3) is 0 Å². The molecule has 0 bridgehead atoms. The van der Waals surface area contributed by atoms with Gasteiger partial charge in [-0.3, -0.25) is 0 Å². The number of aromatic hydroxyl groups is 1. The third-order valence-electron chi connectivity index (χ3n) is 4.98. The molecule has 0 amide bonds. The highest BCUT2D eigenvalue weighted by molar-refractivity contribution is 5.93. The highest BCUT2D eigenvalue weighted by atomic mass is 19.1. The Morgan fingerprint density at radius 1 is 0.971 bits per heavy atom. The van der Waals surface area contributed by atoms with Gasteiger partial charge in [-0.1, -0.05) is 0 Å². The standard InChI is InChI=1S/C23H18FN7O4/c1-33-20-9-18-15(8-19(20)32)22(28-12-27-18)29-17-4-3-14(7-16(17)24)35-21-5-6-31(30-21)13-10-25-23(34-2)26-11-13/h3-12,32H,1-2H3,(H,27,28,29). The molecule has 0 saturated carbocycles. The molecule has 35 heavy (non-hydrogen) atoms. The minimum atomic E-state index is -0.574. The lowest BCUT2D eigenvalue weighted by Gasteiger charge is -2.11. The number of halogens is 1. The molecule has 5 aromatic rings. The Morgan fingerprint density at radius 3 is 2.54 bits per heavy atom. The van der Waals surface area contributed by atoms with E-state index < -0.39 is 5.82 Å². The molecule has 0 aliphatic carbocycles. The third-order valence-corrected chi connectivity index (χ3v) is 4.98. The zero-order valence-corrected chi connectivity index (χ0v) is 18.5. The maximum absolute atomic E-state index is 14.9. The summed E-state index contributed by atoms with van der Waals surface area (Å²) < 4.78 is 32.1. The Kier molecular flexibility index (Phi) is 5.67. The van der Waals surface area contributed by atoms with Gasteiger partial charge < -0.3 is 24.6 Å². The number of nitrogens with one attached hydrogen (secondary N) is 1. The van der Waals surface area contributed by atoms with Crippen LogP contribution in [0.5, 0.6) is 29.1 Å². The molecule has 0 atom stereocenters. The molecule has 0 unspecified atom stereocenters. The number of anilines is 2. The molecular formula is C23H18FN7O4. The molecular weight excluding hydrogens is 457 g/mol. The molecule has 12 heteroatoms. The summed E-state index contributed by atoms with van der Waals surface area (Å²) in [4.78, 5) is 16.4. The van der Waals surface area contributed by atoms with Crippen molar-refractivity contribution in [3.8, 4) is 34.8 Å². The lowest BCUT2D eigenvalue weighted by atomic mass is 10.2. The summed E-state index contributed by atoms with van der Waals surface area (Å²) in [5.74, 6) is 0.446. The van der Waals surface area contributed by atoms with Crippen LogP contribution in [0.2, 0.25) is 0 Å². The largest absolute Gasteiger partial charge is 0.504 e. The molecule has 0 spiro atoms. The molecule has 0 fully saturated rings. The van der Waals surface area contributed by atoms with Crippen molar-refractivity contribution < 1.29 is 23.7 Å². The molecule has 0 aliphatic rings. The molecule has 0 radical (unpaired) electrons. The molecule has 2 N–H and O–H groups in total. The zero-order valence-electron chi connectivity index (χ0n) is 18.5. The highest BCUT2D eigenvalue weighted by Crippen LogP contribution is 2.34. The first kappa shape index (κ1) is 21.8. The summed E-state index contributed by atoms with van der Waals surface area (Å²) in [6.07, 6.45) is 6.10. The van der Waals surface area contributed by atoms with E-state index in [-0.39, 0.29) is 34.8 Å². The molecule has 176 valence electrons. The summed E-state index contributed by atoms with van der Waals surface area (Å²) in [7, 11) is 2.92. The molecule has 11 nitrogen and oxygen atoms in total. The Bertz CT molecular complexity index is 1510. The number of methoxy groups -OCH3 is 2. The van der Waals surface area contributed by atoms with Gasteiger partial charge in [-0.2, -0.15) is 0 Å². The van der Waals surface area contributed by atoms with Crippen LogP contribution < -0.4 is 19.5 Å². The summed E-state index contributed by atoms with van der Waals surface area (Å²) in [6, 6.07) is 9.22. The van der Waals surface area contributed by atoms with Crippen molar-refractivity contribution in [2.24, 2.45) is 0 Å². The molecule has 0 saturated heterocycles. The predicted octanol–water partition coefficient (Wildman–Crippen LogP) is 4.00. The van der Waals surface area contributed by atoms with Crippen LogP contribution in [-0.4, -0.2) is 49.0 Å². The molecule has 0 aliphatic heterocycles. The first-order valence-electron chi connectivity index (χ1n) is 10.2. The van der Waals surface area contributed by atoms with Gasteiger partial charge in [-0.25, -0.2) is 29.0 Å². The van der Waals surface area contributed by atoms with Crippen LogP contribution in [0.1, 0.15) is 0 Å². The maximum atomic E-state index is 14.9. The number of ether oxygens (including phenoxy) is 3. The van der Waals surface area contributed by atoms with Crippen LogP contribution in [-0.2, 0) is 0 Å². The number of hydrogen-bond acceptors (Lipinski definition) is 10. The van der Waals surface area contributed by atoms with Crippen LogP contribution in [0.25, 0.3) is 16.6 Å². The lowest BCUT2D eigenvalue weighted by Crippen LogP contribution is -2.00. The average Bonchev–Trinajstić information content (AvgIpc) is 3.34. The number of nitrogens with zero attached hydrogens (tertiary/aromatic N) is 6. The normalized spacial score (nSPS) is 10.8. The minimum Gasteiger partial charge on any atom is -0.504 e. The van der Waals surface area contributed by atoms with Gasteiger partial charge in [-0.05, 0) is 18.2 Å². The number of phenols is 1. The summed E-state index contributed by atoms with van der Waals surface area (Å²) in [5.41, 5.74) is 1.29. The van der Waals surface area contributed by atoms with Crippen LogP contribution in [0.15, 0.2) is 61.3 Å². The highest BCUT2D eigenvalue weighted by Gasteiger charge is 2.13. The fourth-order valence-electron chi connectivity index (χ4n) is 3.28. The smallest absolute Gasteiger partial charge is 0.316 e. The van der Waals surface area contributed by atoms with E-state index in [1.165, 1.54) is 43.4 Å². The van der Waals surface area contributed by atoms with E-state index in [1.54, 1.807) is 36.8 Å². The number of aromatic nitrogens is 6. The van der Waals surface area contributed by atoms with Crippen LogP contribution in [0.4, 0.5) is 15.9 Å². The third kappa shape index (κ3) is 4.44. The van der Waals surface area contributed by atoms with Gasteiger partial charge in [0.2, 0.25) is 5.88 Å². The molecule has 3 aromatic heterocycles. The Morgan fingerprint density at radius 2 is 1.80 bits per heavy atom. The molecule has 2 aromatic carbocycles.